The van der Waals surface area contributed by atoms with Gasteiger partial charge < -0.3 is 29.3 Å². The highest BCUT2D eigenvalue weighted by atomic mass is 35.5. The van der Waals surface area contributed by atoms with E-state index in [9.17, 15) is 9.18 Å². The zero-order chi connectivity index (χ0) is 26.9. The first-order valence-corrected chi connectivity index (χ1v) is 13.1. The number of hydrogen-bond donors (Lipinski definition) is 2. The van der Waals surface area contributed by atoms with Crippen molar-refractivity contribution in [2.45, 2.75) is 37.5 Å². The standard InChI is InChI=1S/C27H31ClFN5O4/c1-30-27(35)22-11-17(14-34(22,2)16-7-9-37-10-8-16)38-24-12-18-21(13-23(24)36-3)31-15-32-26(18)33-20-6-4-5-19(28)25(20)29/h4-6,12-13,15-17,22H,7-11,14H2,1-3H3,(H-,30,31,32,33,35)/p+1/t17-,22+,34?/m0/s1. The second kappa shape index (κ2) is 10.9. The van der Waals surface area contributed by atoms with Crippen LogP contribution in [0.1, 0.15) is 19.3 Å². The fourth-order valence-corrected chi connectivity index (χ4v) is 5.93. The second-order valence-corrected chi connectivity index (χ2v) is 10.4. The van der Waals surface area contributed by atoms with E-state index in [1.807, 2.05) is 0 Å². The van der Waals surface area contributed by atoms with Crippen LogP contribution in [-0.2, 0) is 9.53 Å². The summed E-state index contributed by atoms with van der Waals surface area (Å²) in [5.41, 5.74) is 0.802. The minimum Gasteiger partial charge on any atom is -0.493 e. The Morgan fingerprint density at radius 2 is 2.00 bits per heavy atom. The number of ether oxygens (including phenoxy) is 3. The maximum absolute atomic E-state index is 14.6. The summed E-state index contributed by atoms with van der Waals surface area (Å²) in [5.74, 6) is 0.868. The molecule has 202 valence electrons. The number of amides is 1. The number of halogens is 2. The number of likely N-dealkylation sites (tertiary alicyclic amines) is 1. The smallest absolute Gasteiger partial charge is 0.278 e. The number of likely N-dealkylation sites (N-methyl/N-ethyl adjacent to an activating group) is 2. The van der Waals surface area contributed by atoms with Crippen LogP contribution in [0.25, 0.3) is 10.9 Å². The van der Waals surface area contributed by atoms with Crippen molar-refractivity contribution in [3.8, 4) is 11.5 Å². The molecule has 2 saturated heterocycles. The largest absolute Gasteiger partial charge is 0.493 e. The fourth-order valence-electron chi connectivity index (χ4n) is 5.76. The van der Waals surface area contributed by atoms with Crippen molar-refractivity contribution in [2.24, 2.45) is 0 Å². The van der Waals surface area contributed by atoms with E-state index in [-0.39, 0.29) is 28.8 Å². The Bertz CT molecular complexity index is 1340. The van der Waals surface area contributed by atoms with E-state index in [4.69, 9.17) is 25.8 Å². The van der Waals surface area contributed by atoms with E-state index in [2.05, 4.69) is 27.6 Å². The van der Waals surface area contributed by atoms with Gasteiger partial charge in [0, 0.05) is 31.3 Å². The number of methoxy groups -OCH3 is 1. The molecule has 0 aliphatic carbocycles. The molecular weight excluding hydrogens is 513 g/mol. The first-order valence-electron chi connectivity index (χ1n) is 12.7. The summed E-state index contributed by atoms with van der Waals surface area (Å²) in [6, 6.07) is 8.38. The number of fused-ring (bicyclic) bond motifs is 1. The zero-order valence-corrected chi connectivity index (χ0v) is 22.4. The first kappa shape index (κ1) is 26.4. The SMILES string of the molecule is CNC(=O)[C@H]1C[C@H](Oc2cc3c(Nc4cccc(Cl)c4F)ncnc3cc2OC)C[N+]1(C)C1CCOCC1. The molecule has 0 radical (unpaired) electrons. The molecular formula is C27H32ClFN5O4+. The molecule has 38 heavy (non-hydrogen) atoms. The monoisotopic (exact) mass is 544 g/mol. The van der Waals surface area contributed by atoms with Gasteiger partial charge in [-0.05, 0) is 18.2 Å². The van der Waals surface area contributed by atoms with Crippen LogP contribution in [-0.4, -0.2) is 79.5 Å². The van der Waals surface area contributed by atoms with Crippen molar-refractivity contribution in [3.63, 3.8) is 0 Å². The van der Waals surface area contributed by atoms with Crippen LogP contribution in [0.5, 0.6) is 11.5 Å². The molecule has 0 spiro atoms. The van der Waals surface area contributed by atoms with Gasteiger partial charge in [-0.15, -0.1) is 0 Å². The topological polar surface area (TPSA) is 94.6 Å². The molecule has 3 aromatic rings. The van der Waals surface area contributed by atoms with Gasteiger partial charge in [0.05, 0.1) is 56.1 Å². The lowest BCUT2D eigenvalue weighted by atomic mass is 10.0. The summed E-state index contributed by atoms with van der Waals surface area (Å²) >= 11 is 5.96. The normalized spacial score (nSPS) is 23.8. The number of quaternary nitrogens is 1. The maximum atomic E-state index is 14.6. The maximum Gasteiger partial charge on any atom is 0.278 e. The summed E-state index contributed by atoms with van der Waals surface area (Å²) < 4.78 is 32.9. The third kappa shape index (κ3) is 4.95. The number of carbonyl (C=O) groups excluding carboxylic acids is 1. The molecule has 2 aliphatic rings. The molecule has 0 bridgehead atoms. The molecule has 2 N–H and O–H groups in total. The van der Waals surface area contributed by atoms with Gasteiger partial charge in [-0.25, -0.2) is 14.4 Å². The summed E-state index contributed by atoms with van der Waals surface area (Å²) in [6.07, 6.45) is 3.56. The number of nitrogens with zero attached hydrogens (tertiary/aromatic N) is 3. The van der Waals surface area contributed by atoms with E-state index in [1.165, 1.54) is 12.4 Å². The molecule has 2 fully saturated rings. The van der Waals surface area contributed by atoms with Crippen molar-refractivity contribution in [1.82, 2.24) is 15.3 Å². The van der Waals surface area contributed by atoms with E-state index >= 15 is 0 Å². The number of carbonyl (C=O) groups is 1. The molecule has 1 unspecified atom stereocenters. The van der Waals surface area contributed by atoms with E-state index in [0.29, 0.717) is 64.9 Å². The molecule has 2 aliphatic heterocycles. The van der Waals surface area contributed by atoms with Crippen LogP contribution >= 0.6 is 11.6 Å². The number of aromatic nitrogens is 2. The average Bonchev–Trinajstić information content (AvgIpc) is 3.28. The quantitative estimate of drug-likeness (QED) is 0.433. The van der Waals surface area contributed by atoms with Crippen molar-refractivity contribution < 1.29 is 27.9 Å². The molecule has 5 rings (SSSR count). The van der Waals surface area contributed by atoms with Crippen molar-refractivity contribution in [2.75, 3.05) is 46.3 Å². The number of benzene rings is 2. The predicted molar refractivity (Wildman–Crippen MR) is 143 cm³/mol. The summed E-state index contributed by atoms with van der Waals surface area (Å²) in [6.45, 7) is 2.08. The minimum absolute atomic E-state index is 0.0108. The molecule has 3 heterocycles. The Labute approximate surface area is 225 Å². The third-order valence-corrected chi connectivity index (χ3v) is 8.08. The summed E-state index contributed by atoms with van der Waals surface area (Å²) in [7, 11) is 5.39. The van der Waals surface area contributed by atoms with Gasteiger partial charge in [0.15, 0.2) is 29.5 Å². The number of rotatable bonds is 7. The second-order valence-electron chi connectivity index (χ2n) is 9.95. The van der Waals surface area contributed by atoms with Gasteiger partial charge in [0.1, 0.15) is 18.7 Å². The Morgan fingerprint density at radius 3 is 2.74 bits per heavy atom. The van der Waals surface area contributed by atoms with E-state index in [1.54, 1.807) is 38.4 Å². The van der Waals surface area contributed by atoms with Crippen LogP contribution in [0, 0.1) is 5.82 Å². The van der Waals surface area contributed by atoms with Crippen LogP contribution in [0.2, 0.25) is 5.02 Å². The van der Waals surface area contributed by atoms with Crippen molar-refractivity contribution in [1.29, 1.82) is 0 Å². The Balaban J connectivity index is 1.47. The average molecular weight is 545 g/mol. The molecule has 0 saturated carbocycles. The molecule has 11 heteroatoms. The predicted octanol–water partition coefficient (Wildman–Crippen LogP) is 4.07. The molecule has 3 atom stereocenters. The van der Waals surface area contributed by atoms with Crippen LogP contribution in [0.15, 0.2) is 36.7 Å². The van der Waals surface area contributed by atoms with Crippen LogP contribution in [0.3, 0.4) is 0 Å². The number of nitrogens with one attached hydrogen (secondary N) is 2. The van der Waals surface area contributed by atoms with Crippen LogP contribution in [0.4, 0.5) is 15.9 Å². The molecule has 1 amide bonds. The van der Waals surface area contributed by atoms with Crippen molar-refractivity contribution in [3.05, 3.63) is 47.5 Å². The molecule has 9 nitrogen and oxygen atoms in total. The Morgan fingerprint density at radius 1 is 1.21 bits per heavy atom. The van der Waals surface area contributed by atoms with Gasteiger partial charge in [-0.2, -0.15) is 0 Å². The highest BCUT2D eigenvalue weighted by molar-refractivity contribution is 6.31. The van der Waals surface area contributed by atoms with Gasteiger partial charge in [0.2, 0.25) is 0 Å². The Hall–Kier alpha value is -3.21. The highest BCUT2D eigenvalue weighted by Gasteiger charge is 2.53. The van der Waals surface area contributed by atoms with Crippen molar-refractivity contribution >= 4 is 39.9 Å². The number of hydrogen-bond acceptors (Lipinski definition) is 7. The number of anilines is 2. The van der Waals surface area contributed by atoms with Crippen LogP contribution < -0.4 is 20.1 Å². The van der Waals surface area contributed by atoms with Gasteiger partial charge >= 0.3 is 0 Å². The lowest BCUT2D eigenvalue weighted by Gasteiger charge is -2.43. The lowest BCUT2D eigenvalue weighted by Crippen LogP contribution is -2.61. The minimum atomic E-state index is -0.567. The fraction of sp³-hybridized carbons (Fsp3) is 0.444. The van der Waals surface area contributed by atoms with Gasteiger partial charge in [0.25, 0.3) is 5.91 Å². The molecule has 1 aromatic heterocycles. The molecule has 2 aromatic carbocycles. The zero-order valence-electron chi connectivity index (χ0n) is 21.7. The summed E-state index contributed by atoms with van der Waals surface area (Å²) in [4.78, 5) is 21.6. The first-order chi connectivity index (χ1) is 18.3. The highest BCUT2D eigenvalue weighted by Crippen LogP contribution is 2.39. The van der Waals surface area contributed by atoms with E-state index < -0.39 is 5.82 Å². The lowest BCUT2D eigenvalue weighted by molar-refractivity contribution is -0.938. The van der Waals surface area contributed by atoms with Gasteiger partial charge in [-0.1, -0.05) is 17.7 Å². The van der Waals surface area contributed by atoms with E-state index in [0.717, 1.165) is 12.8 Å². The summed E-state index contributed by atoms with van der Waals surface area (Å²) in [5, 5.41) is 6.51. The van der Waals surface area contributed by atoms with Gasteiger partial charge in [-0.3, -0.25) is 4.79 Å². The Kier molecular flexibility index (Phi) is 7.56. The third-order valence-electron chi connectivity index (χ3n) is 7.79.